The van der Waals surface area contributed by atoms with Crippen LogP contribution >= 0.6 is 11.8 Å². The first-order chi connectivity index (χ1) is 6.33. The lowest BCUT2D eigenvalue weighted by Crippen LogP contribution is -2.38. The SMILES string of the molecule is CSCC(=O)NCC1CCCNC1. The van der Waals surface area contributed by atoms with Gasteiger partial charge in [0.2, 0.25) is 5.91 Å². The molecule has 13 heavy (non-hydrogen) atoms. The summed E-state index contributed by atoms with van der Waals surface area (Å²) in [7, 11) is 0. The van der Waals surface area contributed by atoms with Crippen LogP contribution in [0.5, 0.6) is 0 Å². The minimum Gasteiger partial charge on any atom is -0.355 e. The van der Waals surface area contributed by atoms with E-state index in [0.717, 1.165) is 19.6 Å². The Balaban J connectivity index is 2.06. The second-order valence-corrected chi connectivity index (χ2v) is 4.32. The maximum absolute atomic E-state index is 11.1. The van der Waals surface area contributed by atoms with Crippen molar-refractivity contribution in [1.82, 2.24) is 10.6 Å². The van der Waals surface area contributed by atoms with Gasteiger partial charge in [0.1, 0.15) is 0 Å². The van der Waals surface area contributed by atoms with E-state index in [0.29, 0.717) is 11.7 Å². The lowest BCUT2D eigenvalue weighted by atomic mass is 10.00. The van der Waals surface area contributed by atoms with E-state index in [2.05, 4.69) is 10.6 Å². The van der Waals surface area contributed by atoms with Gasteiger partial charge in [0, 0.05) is 6.54 Å². The van der Waals surface area contributed by atoms with Gasteiger partial charge in [-0.15, -0.1) is 0 Å². The predicted octanol–water partition coefficient (Wildman–Crippen LogP) is 0.465. The molecule has 1 unspecified atom stereocenters. The third-order valence-corrected chi connectivity index (χ3v) is 2.81. The van der Waals surface area contributed by atoms with Gasteiger partial charge in [-0.05, 0) is 38.1 Å². The molecule has 0 aliphatic carbocycles. The molecular formula is C9H18N2OS. The molecule has 1 atom stereocenters. The van der Waals surface area contributed by atoms with E-state index < -0.39 is 0 Å². The third kappa shape index (κ3) is 4.52. The number of hydrogen-bond donors (Lipinski definition) is 2. The Morgan fingerprint density at radius 2 is 2.54 bits per heavy atom. The van der Waals surface area contributed by atoms with Crippen molar-refractivity contribution in [3.8, 4) is 0 Å². The summed E-state index contributed by atoms with van der Waals surface area (Å²) in [4.78, 5) is 11.1. The molecule has 0 radical (unpaired) electrons. The van der Waals surface area contributed by atoms with E-state index in [1.165, 1.54) is 12.8 Å². The molecular weight excluding hydrogens is 184 g/mol. The lowest BCUT2D eigenvalue weighted by Gasteiger charge is -2.22. The second-order valence-electron chi connectivity index (χ2n) is 3.45. The van der Waals surface area contributed by atoms with Crippen molar-refractivity contribution in [3.63, 3.8) is 0 Å². The van der Waals surface area contributed by atoms with Gasteiger partial charge in [-0.3, -0.25) is 4.79 Å². The molecule has 0 aromatic carbocycles. The third-order valence-electron chi connectivity index (χ3n) is 2.26. The molecule has 76 valence electrons. The van der Waals surface area contributed by atoms with Crippen LogP contribution in [-0.4, -0.2) is 37.6 Å². The van der Waals surface area contributed by atoms with Gasteiger partial charge in [0.25, 0.3) is 0 Å². The normalized spacial score (nSPS) is 22.7. The Hall–Kier alpha value is -0.220. The lowest BCUT2D eigenvalue weighted by molar-refractivity contribution is -0.118. The first-order valence-corrected chi connectivity index (χ1v) is 6.18. The molecule has 0 spiro atoms. The van der Waals surface area contributed by atoms with Crippen LogP contribution in [0.1, 0.15) is 12.8 Å². The van der Waals surface area contributed by atoms with Crippen LogP contribution in [0.3, 0.4) is 0 Å². The van der Waals surface area contributed by atoms with Crippen molar-refractivity contribution >= 4 is 17.7 Å². The Bertz CT molecular complexity index is 158. The highest BCUT2D eigenvalue weighted by atomic mass is 32.2. The minimum atomic E-state index is 0.165. The molecule has 2 N–H and O–H groups in total. The number of rotatable bonds is 4. The van der Waals surface area contributed by atoms with Gasteiger partial charge in [0.05, 0.1) is 5.75 Å². The number of carbonyl (C=O) groups excluding carboxylic acids is 1. The Morgan fingerprint density at radius 1 is 1.69 bits per heavy atom. The molecule has 0 aromatic heterocycles. The predicted molar refractivity (Wildman–Crippen MR) is 57.0 cm³/mol. The van der Waals surface area contributed by atoms with Gasteiger partial charge in [0.15, 0.2) is 0 Å². The van der Waals surface area contributed by atoms with Gasteiger partial charge in [-0.25, -0.2) is 0 Å². The summed E-state index contributed by atoms with van der Waals surface area (Å²) >= 11 is 1.57. The quantitative estimate of drug-likeness (QED) is 0.696. The van der Waals surface area contributed by atoms with E-state index in [4.69, 9.17) is 0 Å². The van der Waals surface area contributed by atoms with Crippen molar-refractivity contribution in [1.29, 1.82) is 0 Å². The monoisotopic (exact) mass is 202 g/mol. The summed E-state index contributed by atoms with van der Waals surface area (Å²) in [6.07, 6.45) is 4.43. The van der Waals surface area contributed by atoms with Crippen LogP contribution in [0, 0.1) is 5.92 Å². The molecule has 0 bridgehead atoms. The molecule has 1 saturated heterocycles. The molecule has 1 fully saturated rings. The van der Waals surface area contributed by atoms with Crippen LogP contribution in [0.2, 0.25) is 0 Å². The Labute approximate surface area is 84.0 Å². The summed E-state index contributed by atoms with van der Waals surface area (Å²) in [6, 6.07) is 0. The van der Waals surface area contributed by atoms with Crippen LogP contribution in [0.25, 0.3) is 0 Å². The number of carbonyl (C=O) groups is 1. The van der Waals surface area contributed by atoms with Crippen LogP contribution in [0.15, 0.2) is 0 Å². The molecule has 0 aromatic rings. The number of piperidine rings is 1. The van der Waals surface area contributed by atoms with Crippen molar-refractivity contribution in [3.05, 3.63) is 0 Å². The van der Waals surface area contributed by atoms with E-state index in [1.807, 2.05) is 6.26 Å². The van der Waals surface area contributed by atoms with E-state index >= 15 is 0 Å². The van der Waals surface area contributed by atoms with Crippen molar-refractivity contribution < 1.29 is 4.79 Å². The summed E-state index contributed by atoms with van der Waals surface area (Å²) in [5, 5.41) is 6.29. The zero-order valence-corrected chi connectivity index (χ0v) is 8.95. The van der Waals surface area contributed by atoms with Crippen molar-refractivity contribution in [2.75, 3.05) is 31.6 Å². The topological polar surface area (TPSA) is 41.1 Å². The molecule has 1 aliphatic heterocycles. The van der Waals surface area contributed by atoms with Crippen molar-refractivity contribution in [2.24, 2.45) is 5.92 Å². The van der Waals surface area contributed by atoms with E-state index in [1.54, 1.807) is 11.8 Å². The molecule has 1 aliphatic rings. The summed E-state index contributed by atoms with van der Waals surface area (Å²) < 4.78 is 0. The fourth-order valence-corrected chi connectivity index (χ4v) is 1.90. The highest BCUT2D eigenvalue weighted by molar-refractivity contribution is 7.99. The second kappa shape index (κ2) is 6.27. The van der Waals surface area contributed by atoms with Crippen LogP contribution in [0.4, 0.5) is 0 Å². The largest absolute Gasteiger partial charge is 0.355 e. The molecule has 1 amide bonds. The number of hydrogen-bond acceptors (Lipinski definition) is 3. The standard InChI is InChI=1S/C9H18N2OS/c1-13-7-9(12)11-6-8-3-2-4-10-5-8/h8,10H,2-7H2,1H3,(H,11,12). The molecule has 1 rings (SSSR count). The summed E-state index contributed by atoms with van der Waals surface area (Å²) in [6.45, 7) is 3.03. The zero-order valence-electron chi connectivity index (χ0n) is 8.14. The average Bonchev–Trinajstić information content (AvgIpc) is 2.17. The zero-order chi connectivity index (χ0) is 9.52. The number of thioether (sulfide) groups is 1. The summed E-state index contributed by atoms with van der Waals surface area (Å²) in [5.74, 6) is 1.39. The first-order valence-electron chi connectivity index (χ1n) is 4.79. The molecule has 0 saturated carbocycles. The summed E-state index contributed by atoms with van der Waals surface area (Å²) in [5.41, 5.74) is 0. The van der Waals surface area contributed by atoms with Gasteiger partial charge < -0.3 is 10.6 Å². The van der Waals surface area contributed by atoms with Gasteiger partial charge in [-0.1, -0.05) is 0 Å². The Kier molecular flexibility index (Phi) is 5.23. The fourth-order valence-electron chi connectivity index (χ4n) is 1.54. The van der Waals surface area contributed by atoms with Crippen LogP contribution < -0.4 is 10.6 Å². The smallest absolute Gasteiger partial charge is 0.229 e. The highest BCUT2D eigenvalue weighted by Gasteiger charge is 2.13. The molecule has 3 nitrogen and oxygen atoms in total. The maximum atomic E-state index is 11.1. The Morgan fingerprint density at radius 3 is 3.15 bits per heavy atom. The maximum Gasteiger partial charge on any atom is 0.229 e. The van der Waals surface area contributed by atoms with E-state index in [9.17, 15) is 4.79 Å². The number of nitrogens with one attached hydrogen (secondary N) is 2. The van der Waals surface area contributed by atoms with Gasteiger partial charge >= 0.3 is 0 Å². The first kappa shape index (κ1) is 10.9. The van der Waals surface area contributed by atoms with E-state index in [-0.39, 0.29) is 5.91 Å². The van der Waals surface area contributed by atoms with Crippen LogP contribution in [-0.2, 0) is 4.79 Å². The number of amides is 1. The minimum absolute atomic E-state index is 0.165. The van der Waals surface area contributed by atoms with Gasteiger partial charge in [-0.2, -0.15) is 11.8 Å². The highest BCUT2D eigenvalue weighted by Crippen LogP contribution is 2.08. The van der Waals surface area contributed by atoms with Crippen molar-refractivity contribution in [2.45, 2.75) is 12.8 Å². The molecule has 1 heterocycles. The average molecular weight is 202 g/mol. The molecule has 4 heteroatoms. The fraction of sp³-hybridized carbons (Fsp3) is 0.889.